The molecule has 0 aliphatic carbocycles. The number of ether oxygens (including phenoxy) is 1. The van der Waals surface area contributed by atoms with Gasteiger partial charge in [0.2, 0.25) is 0 Å². The zero-order chi connectivity index (χ0) is 18.1. The molecule has 0 aliphatic heterocycles. The number of halogens is 1. The van der Waals surface area contributed by atoms with Gasteiger partial charge in [-0.2, -0.15) is 10.4 Å². The summed E-state index contributed by atoms with van der Waals surface area (Å²) >= 11 is 6.26. The summed E-state index contributed by atoms with van der Waals surface area (Å²) in [6.45, 7) is 1.91. The summed E-state index contributed by atoms with van der Waals surface area (Å²) in [6.07, 6.45) is 3.57. The van der Waals surface area contributed by atoms with E-state index < -0.39 is 0 Å². The fourth-order valence-corrected chi connectivity index (χ4v) is 3.07. The Morgan fingerprint density at radius 2 is 2.08 bits per heavy atom. The minimum Gasteiger partial charge on any atom is -0.495 e. The number of nitriles is 1. The van der Waals surface area contributed by atoms with Crippen molar-refractivity contribution in [3.63, 3.8) is 0 Å². The van der Waals surface area contributed by atoms with E-state index in [-0.39, 0.29) is 5.82 Å². The van der Waals surface area contributed by atoms with Crippen molar-refractivity contribution in [2.45, 2.75) is 6.92 Å². The number of rotatable bonds is 3. The number of nitrogen functional groups attached to an aromatic ring is 1. The quantitative estimate of drug-likeness (QED) is 0.777. The highest BCUT2D eigenvalue weighted by Crippen LogP contribution is 2.38. The average Bonchev–Trinajstić information content (AvgIpc) is 3.02. The zero-order valence-corrected chi connectivity index (χ0v) is 14.8. The van der Waals surface area contributed by atoms with Crippen molar-refractivity contribution in [2.24, 2.45) is 7.05 Å². The number of hydrogen-bond acceptors (Lipinski definition) is 5. The first-order valence-electron chi connectivity index (χ1n) is 7.49. The standard InChI is InChI=1S/C18H16ClN5O/c1-10-16(11-4-5-15(25-3)14(19)6-11)13(7-20)18(21)23-17(10)12-8-22-24(2)9-12/h4-6,8-9H,1-3H3,(H2,21,23). The monoisotopic (exact) mass is 353 g/mol. The molecule has 6 nitrogen and oxygen atoms in total. The maximum absolute atomic E-state index is 9.58. The number of nitrogens with zero attached hydrogens (tertiary/aromatic N) is 4. The fourth-order valence-electron chi connectivity index (χ4n) is 2.81. The van der Waals surface area contributed by atoms with Crippen molar-refractivity contribution in [3.05, 3.63) is 46.7 Å². The highest BCUT2D eigenvalue weighted by molar-refractivity contribution is 6.32. The van der Waals surface area contributed by atoms with Gasteiger partial charge in [-0.15, -0.1) is 0 Å². The Morgan fingerprint density at radius 3 is 2.64 bits per heavy atom. The number of hydrogen-bond donors (Lipinski definition) is 1. The van der Waals surface area contributed by atoms with E-state index in [1.165, 1.54) is 0 Å². The summed E-state index contributed by atoms with van der Waals surface area (Å²) in [5.41, 5.74) is 10.2. The van der Waals surface area contributed by atoms with Crippen LogP contribution in [0.15, 0.2) is 30.6 Å². The van der Waals surface area contributed by atoms with Gasteiger partial charge in [-0.1, -0.05) is 17.7 Å². The molecule has 0 amide bonds. The molecule has 2 N–H and O–H groups in total. The summed E-state index contributed by atoms with van der Waals surface area (Å²) in [6, 6.07) is 7.52. The number of methoxy groups -OCH3 is 1. The highest BCUT2D eigenvalue weighted by atomic mass is 35.5. The van der Waals surface area contributed by atoms with Gasteiger partial charge >= 0.3 is 0 Å². The van der Waals surface area contributed by atoms with E-state index in [1.807, 2.05) is 26.2 Å². The summed E-state index contributed by atoms with van der Waals surface area (Å²) in [5.74, 6) is 0.741. The lowest BCUT2D eigenvalue weighted by atomic mass is 9.93. The van der Waals surface area contributed by atoms with Crippen LogP contribution in [0.3, 0.4) is 0 Å². The lowest BCUT2D eigenvalue weighted by Gasteiger charge is -2.15. The molecule has 0 unspecified atom stereocenters. The van der Waals surface area contributed by atoms with Crippen LogP contribution >= 0.6 is 11.6 Å². The first kappa shape index (κ1) is 16.8. The first-order chi connectivity index (χ1) is 12.0. The van der Waals surface area contributed by atoms with E-state index in [4.69, 9.17) is 22.1 Å². The Balaban J connectivity index is 2.30. The number of aryl methyl sites for hydroxylation is 1. The van der Waals surface area contributed by atoms with Gasteiger partial charge in [-0.3, -0.25) is 4.68 Å². The van der Waals surface area contributed by atoms with Gasteiger partial charge in [-0.05, 0) is 30.2 Å². The molecule has 3 aromatic rings. The second-order valence-electron chi connectivity index (χ2n) is 5.58. The predicted molar refractivity (Wildman–Crippen MR) is 97.3 cm³/mol. The minimum absolute atomic E-state index is 0.175. The molecule has 3 rings (SSSR count). The van der Waals surface area contributed by atoms with Gasteiger partial charge in [0.15, 0.2) is 0 Å². The molecule has 2 aromatic heterocycles. The molecule has 0 atom stereocenters. The molecule has 0 saturated heterocycles. The van der Waals surface area contributed by atoms with Gasteiger partial charge < -0.3 is 10.5 Å². The topological polar surface area (TPSA) is 89.8 Å². The molecule has 1 aromatic carbocycles. The van der Waals surface area contributed by atoms with Crippen LogP contribution in [0.2, 0.25) is 5.02 Å². The molecule has 0 aliphatic rings. The normalized spacial score (nSPS) is 10.5. The molecule has 25 heavy (non-hydrogen) atoms. The molecule has 0 radical (unpaired) electrons. The molecule has 0 spiro atoms. The Bertz CT molecular complexity index is 1000. The van der Waals surface area contributed by atoms with Gasteiger partial charge in [-0.25, -0.2) is 4.98 Å². The van der Waals surface area contributed by atoms with Crippen molar-refractivity contribution in [3.8, 4) is 34.2 Å². The maximum atomic E-state index is 9.58. The van der Waals surface area contributed by atoms with E-state index >= 15 is 0 Å². The smallest absolute Gasteiger partial charge is 0.142 e. The summed E-state index contributed by atoms with van der Waals surface area (Å²) in [5, 5.41) is 14.2. The van der Waals surface area contributed by atoms with Crippen LogP contribution in [0, 0.1) is 18.3 Å². The van der Waals surface area contributed by atoms with Gasteiger partial charge in [0, 0.05) is 24.4 Å². The van der Waals surface area contributed by atoms with Crippen molar-refractivity contribution in [2.75, 3.05) is 12.8 Å². The van der Waals surface area contributed by atoms with Gasteiger partial charge in [0.25, 0.3) is 0 Å². The second-order valence-corrected chi connectivity index (χ2v) is 5.99. The Hall–Kier alpha value is -3.04. The largest absolute Gasteiger partial charge is 0.495 e. The van der Waals surface area contributed by atoms with Gasteiger partial charge in [0.1, 0.15) is 23.2 Å². The van der Waals surface area contributed by atoms with Crippen LogP contribution in [0.4, 0.5) is 5.82 Å². The summed E-state index contributed by atoms with van der Waals surface area (Å²) in [4.78, 5) is 4.41. The molecule has 0 bridgehead atoms. The van der Waals surface area contributed by atoms with Crippen LogP contribution in [-0.2, 0) is 7.05 Å². The summed E-state index contributed by atoms with van der Waals surface area (Å²) < 4.78 is 6.89. The molecule has 7 heteroatoms. The van der Waals surface area contributed by atoms with E-state index in [0.29, 0.717) is 27.6 Å². The molecule has 2 heterocycles. The fraction of sp³-hybridized carbons (Fsp3) is 0.167. The first-order valence-corrected chi connectivity index (χ1v) is 7.87. The molecular weight excluding hydrogens is 338 g/mol. The zero-order valence-electron chi connectivity index (χ0n) is 14.0. The van der Waals surface area contributed by atoms with E-state index in [2.05, 4.69) is 16.2 Å². The Kier molecular flexibility index (Phi) is 4.34. The molecule has 126 valence electrons. The van der Waals surface area contributed by atoms with Crippen LogP contribution in [0.1, 0.15) is 11.1 Å². The summed E-state index contributed by atoms with van der Waals surface area (Å²) in [7, 11) is 3.38. The SMILES string of the molecule is COc1ccc(-c2c(C)c(-c3cnn(C)c3)nc(N)c2C#N)cc1Cl. The number of benzene rings is 1. The van der Waals surface area contributed by atoms with Crippen molar-refractivity contribution in [1.29, 1.82) is 5.26 Å². The van der Waals surface area contributed by atoms with Crippen LogP contribution < -0.4 is 10.5 Å². The third kappa shape index (κ3) is 2.90. The third-order valence-electron chi connectivity index (χ3n) is 4.00. The van der Waals surface area contributed by atoms with E-state index in [9.17, 15) is 5.26 Å². The number of aromatic nitrogens is 3. The lowest BCUT2D eigenvalue weighted by Crippen LogP contribution is -2.03. The molecule has 0 fully saturated rings. The van der Waals surface area contributed by atoms with Gasteiger partial charge in [0.05, 0.1) is 24.0 Å². The highest BCUT2D eigenvalue weighted by Gasteiger charge is 2.19. The Labute approximate surface area is 150 Å². The van der Waals surface area contributed by atoms with Crippen molar-refractivity contribution >= 4 is 17.4 Å². The second kappa shape index (κ2) is 6.46. The van der Waals surface area contributed by atoms with Crippen LogP contribution in [-0.4, -0.2) is 21.9 Å². The maximum Gasteiger partial charge on any atom is 0.142 e. The third-order valence-corrected chi connectivity index (χ3v) is 4.29. The average molecular weight is 354 g/mol. The Morgan fingerprint density at radius 1 is 1.32 bits per heavy atom. The molecular formula is C18H16ClN5O. The number of anilines is 1. The number of nitrogens with two attached hydrogens (primary N) is 1. The molecule has 0 saturated carbocycles. The lowest BCUT2D eigenvalue weighted by molar-refractivity contribution is 0.415. The minimum atomic E-state index is 0.175. The van der Waals surface area contributed by atoms with Crippen molar-refractivity contribution in [1.82, 2.24) is 14.8 Å². The van der Waals surface area contributed by atoms with Crippen LogP contribution in [0.5, 0.6) is 5.75 Å². The van der Waals surface area contributed by atoms with Crippen LogP contribution in [0.25, 0.3) is 22.4 Å². The van der Waals surface area contributed by atoms with E-state index in [1.54, 1.807) is 30.1 Å². The van der Waals surface area contributed by atoms with Crippen molar-refractivity contribution < 1.29 is 4.74 Å². The number of pyridine rings is 1. The predicted octanol–water partition coefficient (Wildman–Crippen LogP) is 3.57. The van der Waals surface area contributed by atoms with E-state index in [0.717, 1.165) is 16.7 Å².